The van der Waals surface area contributed by atoms with Crippen molar-refractivity contribution in [2.45, 2.75) is 98.3 Å². The van der Waals surface area contributed by atoms with Crippen LogP contribution in [-0.2, 0) is 4.79 Å². The van der Waals surface area contributed by atoms with Gasteiger partial charge in [-0.2, -0.15) is 0 Å². The Morgan fingerprint density at radius 3 is 2.14 bits per heavy atom. The van der Waals surface area contributed by atoms with Crippen molar-refractivity contribution in [2.24, 2.45) is 11.8 Å². The van der Waals surface area contributed by atoms with E-state index in [0.717, 1.165) is 12.8 Å². The zero-order valence-electron chi connectivity index (χ0n) is 18.8. The minimum Gasteiger partial charge on any atom is -0.481 e. The molecule has 0 aliphatic heterocycles. The third-order valence-electron chi connectivity index (χ3n) is 6.11. The van der Waals surface area contributed by atoms with Gasteiger partial charge in [-0.05, 0) is 60.1 Å². The molecule has 1 aromatic rings. The van der Waals surface area contributed by atoms with Gasteiger partial charge >= 0.3 is 5.97 Å². The van der Waals surface area contributed by atoms with Crippen LogP contribution < -0.4 is 0 Å². The molecule has 2 nitrogen and oxygen atoms in total. The van der Waals surface area contributed by atoms with Crippen molar-refractivity contribution in [1.29, 1.82) is 0 Å². The zero-order chi connectivity index (χ0) is 20.9. The van der Waals surface area contributed by atoms with Gasteiger partial charge in [-0.25, -0.2) is 0 Å². The molecule has 0 saturated carbocycles. The molecule has 2 heteroatoms. The largest absolute Gasteiger partial charge is 0.481 e. The van der Waals surface area contributed by atoms with Gasteiger partial charge in [-0.1, -0.05) is 90.6 Å². The highest BCUT2D eigenvalue weighted by atomic mass is 16.4. The van der Waals surface area contributed by atoms with Crippen molar-refractivity contribution >= 4 is 11.5 Å². The van der Waals surface area contributed by atoms with Crippen LogP contribution in [0.2, 0.25) is 0 Å². The van der Waals surface area contributed by atoms with E-state index in [2.05, 4.69) is 65.0 Å². The number of carboxylic acids is 1. The van der Waals surface area contributed by atoms with Gasteiger partial charge in [0.2, 0.25) is 0 Å². The number of carboxylic acid groups (broad SMARTS) is 1. The summed E-state index contributed by atoms with van der Waals surface area (Å²) in [5, 5.41) is 9.00. The zero-order valence-corrected chi connectivity index (χ0v) is 18.8. The fraction of sp³-hybridized carbons (Fsp3) is 0.654. The first-order chi connectivity index (χ1) is 13.5. The molecule has 0 saturated heterocycles. The van der Waals surface area contributed by atoms with Gasteiger partial charge in [0, 0.05) is 6.42 Å². The van der Waals surface area contributed by atoms with Crippen LogP contribution in [0.3, 0.4) is 0 Å². The summed E-state index contributed by atoms with van der Waals surface area (Å²) in [5.74, 6) is 0.847. The first kappa shape index (κ1) is 24.5. The lowest BCUT2D eigenvalue weighted by Crippen LogP contribution is -2.06. The number of carbonyl (C=O) groups is 1. The number of rotatable bonds is 14. The van der Waals surface area contributed by atoms with E-state index >= 15 is 0 Å². The molecule has 0 aliphatic carbocycles. The third-order valence-corrected chi connectivity index (χ3v) is 6.11. The van der Waals surface area contributed by atoms with Crippen molar-refractivity contribution in [2.75, 3.05) is 0 Å². The fourth-order valence-corrected chi connectivity index (χ4v) is 3.96. The van der Waals surface area contributed by atoms with E-state index < -0.39 is 5.97 Å². The second kappa shape index (κ2) is 13.6. The predicted octanol–water partition coefficient (Wildman–Crippen LogP) is 8.08. The van der Waals surface area contributed by atoms with Crippen molar-refractivity contribution in [3.8, 4) is 0 Å². The Labute approximate surface area is 173 Å². The summed E-state index contributed by atoms with van der Waals surface area (Å²) in [4.78, 5) is 10.9. The molecule has 0 aromatic heterocycles. The normalized spacial score (nSPS) is 15.2. The molecule has 1 N–H and O–H groups in total. The summed E-state index contributed by atoms with van der Waals surface area (Å²) in [6.45, 7) is 11.3. The number of aliphatic carboxylic acids is 1. The third kappa shape index (κ3) is 8.20. The van der Waals surface area contributed by atoms with Crippen molar-refractivity contribution in [3.05, 3.63) is 41.5 Å². The highest BCUT2D eigenvalue weighted by molar-refractivity contribution is 5.68. The summed E-state index contributed by atoms with van der Waals surface area (Å²) >= 11 is 0. The average Bonchev–Trinajstić information content (AvgIpc) is 2.70. The van der Waals surface area contributed by atoms with E-state index in [1.165, 1.54) is 55.2 Å². The van der Waals surface area contributed by atoms with E-state index in [1.54, 1.807) is 0 Å². The number of hydrogen-bond acceptors (Lipinski definition) is 1. The van der Waals surface area contributed by atoms with Crippen molar-refractivity contribution < 1.29 is 9.90 Å². The lowest BCUT2D eigenvalue weighted by atomic mass is 9.83. The second-order valence-corrected chi connectivity index (χ2v) is 8.27. The maximum Gasteiger partial charge on any atom is 0.303 e. The van der Waals surface area contributed by atoms with Crippen LogP contribution >= 0.6 is 0 Å². The van der Waals surface area contributed by atoms with Crippen molar-refractivity contribution in [1.82, 2.24) is 0 Å². The molecule has 158 valence electrons. The van der Waals surface area contributed by atoms with Gasteiger partial charge in [-0.15, -0.1) is 0 Å². The Balaban J connectivity index is 3.06. The van der Waals surface area contributed by atoms with Crippen LogP contribution in [0.25, 0.3) is 5.57 Å². The van der Waals surface area contributed by atoms with E-state index in [-0.39, 0.29) is 6.42 Å². The number of hydrogen-bond donors (Lipinski definition) is 1. The van der Waals surface area contributed by atoms with Crippen LogP contribution in [0, 0.1) is 11.8 Å². The van der Waals surface area contributed by atoms with Gasteiger partial charge in [0.05, 0.1) is 0 Å². The molecular formula is C26H42O2. The molecule has 0 aliphatic rings. The molecule has 0 heterocycles. The molecule has 0 spiro atoms. The monoisotopic (exact) mass is 386 g/mol. The topological polar surface area (TPSA) is 37.3 Å². The molecule has 0 bridgehead atoms. The summed E-state index contributed by atoms with van der Waals surface area (Å²) in [7, 11) is 0. The quantitative estimate of drug-likeness (QED) is 0.328. The van der Waals surface area contributed by atoms with Gasteiger partial charge in [0.15, 0.2) is 0 Å². The van der Waals surface area contributed by atoms with Crippen LogP contribution in [0.4, 0.5) is 0 Å². The maximum atomic E-state index is 10.9. The fourth-order valence-electron chi connectivity index (χ4n) is 3.96. The van der Waals surface area contributed by atoms with Crippen LogP contribution in [0.15, 0.2) is 30.3 Å². The van der Waals surface area contributed by atoms with Gasteiger partial charge in [-0.3, -0.25) is 4.79 Å². The predicted molar refractivity (Wildman–Crippen MR) is 122 cm³/mol. The molecule has 1 aromatic carbocycles. The highest BCUT2D eigenvalue weighted by Gasteiger charge is 2.17. The summed E-state index contributed by atoms with van der Waals surface area (Å²) in [5.41, 5.74) is 4.13. The van der Waals surface area contributed by atoms with E-state index in [0.29, 0.717) is 17.8 Å². The molecule has 0 fully saturated rings. The molecular weight excluding hydrogens is 344 g/mol. The second-order valence-electron chi connectivity index (χ2n) is 8.27. The molecule has 28 heavy (non-hydrogen) atoms. The van der Waals surface area contributed by atoms with E-state index in [4.69, 9.17) is 5.11 Å². The number of benzene rings is 1. The van der Waals surface area contributed by atoms with E-state index in [9.17, 15) is 4.79 Å². The first-order valence-corrected chi connectivity index (χ1v) is 11.5. The van der Waals surface area contributed by atoms with Gasteiger partial charge < -0.3 is 5.11 Å². The first-order valence-electron chi connectivity index (χ1n) is 11.5. The van der Waals surface area contributed by atoms with Crippen LogP contribution in [0.1, 0.15) is 109 Å². The Morgan fingerprint density at radius 1 is 0.964 bits per heavy atom. The van der Waals surface area contributed by atoms with Gasteiger partial charge in [0.1, 0.15) is 0 Å². The Kier molecular flexibility index (Phi) is 11.9. The smallest absolute Gasteiger partial charge is 0.303 e. The molecule has 3 unspecified atom stereocenters. The summed E-state index contributed by atoms with van der Waals surface area (Å²) < 4.78 is 0. The Bertz CT molecular complexity index is 585. The SMILES string of the molecule is CCCCCC(CC)/C(=C\C(C)CC)c1ccc(C(CC)CCC(=O)O)cc1. The molecule has 1 rings (SSSR count). The Morgan fingerprint density at radius 2 is 1.64 bits per heavy atom. The van der Waals surface area contributed by atoms with E-state index in [1.807, 2.05) is 0 Å². The summed E-state index contributed by atoms with van der Waals surface area (Å²) in [6, 6.07) is 9.01. The molecule has 0 amide bonds. The van der Waals surface area contributed by atoms with Crippen molar-refractivity contribution in [3.63, 3.8) is 0 Å². The van der Waals surface area contributed by atoms with Crippen LogP contribution in [-0.4, -0.2) is 11.1 Å². The van der Waals surface area contributed by atoms with Gasteiger partial charge in [0.25, 0.3) is 0 Å². The molecule has 0 radical (unpaired) electrons. The average molecular weight is 387 g/mol. The lowest BCUT2D eigenvalue weighted by molar-refractivity contribution is -0.137. The van der Waals surface area contributed by atoms with Crippen LogP contribution in [0.5, 0.6) is 0 Å². The number of unbranched alkanes of at least 4 members (excludes halogenated alkanes) is 2. The standard InChI is InChI=1S/C26H42O2/c1-6-10-11-12-22(9-4)25(19-20(5)7-2)24-15-13-23(14-16-24)21(8-3)17-18-26(27)28/h13-16,19-22H,6-12,17-18H2,1-5H3,(H,27,28)/b25-19+. The number of allylic oxidation sites excluding steroid dienone is 2. The Hall–Kier alpha value is -1.57. The minimum absolute atomic E-state index is 0.245. The highest BCUT2D eigenvalue weighted by Crippen LogP contribution is 2.34. The lowest BCUT2D eigenvalue weighted by Gasteiger charge is -2.22. The maximum absolute atomic E-state index is 10.9. The summed E-state index contributed by atoms with van der Waals surface area (Å²) in [6.07, 6.45) is 11.9. The molecule has 3 atom stereocenters. The minimum atomic E-state index is -0.702.